The van der Waals surface area contributed by atoms with E-state index in [0.29, 0.717) is 17.9 Å². The van der Waals surface area contributed by atoms with E-state index in [1.165, 1.54) is 12.1 Å². The van der Waals surface area contributed by atoms with Crippen LogP contribution in [0.2, 0.25) is 0 Å². The first-order chi connectivity index (χ1) is 10.6. The van der Waals surface area contributed by atoms with E-state index in [1.807, 2.05) is 25.1 Å². The van der Waals surface area contributed by atoms with Crippen molar-refractivity contribution in [2.75, 3.05) is 6.61 Å². The molecular weight excluding hydrogens is 280 g/mol. The van der Waals surface area contributed by atoms with E-state index in [-0.39, 0.29) is 11.3 Å². The summed E-state index contributed by atoms with van der Waals surface area (Å²) in [6.07, 6.45) is 2.50. The van der Waals surface area contributed by atoms with Crippen molar-refractivity contribution in [2.24, 2.45) is 0 Å². The molecule has 0 heterocycles. The van der Waals surface area contributed by atoms with Crippen LogP contribution < -0.4 is 4.74 Å². The van der Waals surface area contributed by atoms with E-state index in [9.17, 15) is 15.0 Å². The van der Waals surface area contributed by atoms with E-state index < -0.39 is 5.97 Å². The van der Waals surface area contributed by atoms with Crippen molar-refractivity contribution in [3.8, 4) is 11.5 Å². The van der Waals surface area contributed by atoms with Crippen molar-refractivity contribution in [1.82, 2.24) is 0 Å². The van der Waals surface area contributed by atoms with E-state index in [0.717, 1.165) is 12.0 Å². The molecule has 0 unspecified atom stereocenters. The third-order valence-electron chi connectivity index (χ3n) is 3.05. The molecule has 0 aliphatic rings. The minimum Gasteiger partial charge on any atom is -0.508 e. The Hall–Kier alpha value is -2.75. The molecule has 0 amide bonds. The first kappa shape index (κ1) is 15.6. The molecule has 2 aromatic rings. The minimum atomic E-state index is -1.02. The van der Waals surface area contributed by atoms with Gasteiger partial charge >= 0.3 is 5.97 Å². The standard InChI is InChI=1S/C18H18O4/c1-2-10-22-16-5-3-4-13(11-16)12-17(18(20)21)14-6-8-15(19)9-7-14/h3-9,11-12,19H,2,10H2,1H3,(H,20,21)/b17-12-. The zero-order valence-corrected chi connectivity index (χ0v) is 12.3. The number of phenols is 1. The van der Waals surface area contributed by atoms with Crippen LogP contribution in [-0.2, 0) is 4.79 Å². The van der Waals surface area contributed by atoms with Gasteiger partial charge in [0.25, 0.3) is 0 Å². The van der Waals surface area contributed by atoms with Gasteiger partial charge in [-0.15, -0.1) is 0 Å². The van der Waals surface area contributed by atoms with Crippen LogP contribution in [0.3, 0.4) is 0 Å². The summed E-state index contributed by atoms with van der Waals surface area (Å²) in [5.74, 6) is -0.208. The average Bonchev–Trinajstić information content (AvgIpc) is 2.52. The highest BCUT2D eigenvalue weighted by Crippen LogP contribution is 2.23. The predicted octanol–water partition coefficient (Wildman–Crippen LogP) is 3.81. The second-order valence-corrected chi connectivity index (χ2v) is 4.83. The van der Waals surface area contributed by atoms with Crippen LogP contribution in [0, 0.1) is 0 Å². The quantitative estimate of drug-likeness (QED) is 0.628. The summed E-state index contributed by atoms with van der Waals surface area (Å²) in [5, 5.41) is 18.7. The van der Waals surface area contributed by atoms with Gasteiger partial charge in [0.1, 0.15) is 11.5 Å². The largest absolute Gasteiger partial charge is 0.508 e. The SMILES string of the molecule is CCCOc1cccc(/C=C(\C(=O)O)c2ccc(O)cc2)c1. The van der Waals surface area contributed by atoms with Crippen molar-refractivity contribution in [3.63, 3.8) is 0 Å². The van der Waals surface area contributed by atoms with Crippen LogP contribution in [0.1, 0.15) is 24.5 Å². The Morgan fingerprint density at radius 1 is 1.18 bits per heavy atom. The van der Waals surface area contributed by atoms with Crippen molar-refractivity contribution in [3.05, 3.63) is 59.7 Å². The fraction of sp³-hybridized carbons (Fsp3) is 0.167. The lowest BCUT2D eigenvalue weighted by molar-refractivity contribution is -0.130. The maximum atomic E-state index is 11.5. The van der Waals surface area contributed by atoms with Crippen LogP contribution in [0.4, 0.5) is 0 Å². The monoisotopic (exact) mass is 298 g/mol. The van der Waals surface area contributed by atoms with Gasteiger partial charge in [0, 0.05) is 0 Å². The van der Waals surface area contributed by atoms with Crippen molar-refractivity contribution >= 4 is 17.6 Å². The fourth-order valence-electron chi connectivity index (χ4n) is 1.99. The molecule has 0 saturated heterocycles. The molecule has 0 bridgehead atoms. The average molecular weight is 298 g/mol. The van der Waals surface area contributed by atoms with Crippen LogP contribution in [-0.4, -0.2) is 22.8 Å². The van der Waals surface area contributed by atoms with Crippen molar-refractivity contribution in [1.29, 1.82) is 0 Å². The van der Waals surface area contributed by atoms with Crippen LogP contribution in [0.5, 0.6) is 11.5 Å². The Morgan fingerprint density at radius 2 is 1.91 bits per heavy atom. The van der Waals surface area contributed by atoms with Gasteiger partial charge in [0.15, 0.2) is 0 Å². The summed E-state index contributed by atoms with van der Waals surface area (Å²) in [6.45, 7) is 2.65. The maximum absolute atomic E-state index is 11.5. The Bertz CT molecular complexity index is 672. The number of phenolic OH excluding ortho intramolecular Hbond substituents is 1. The first-order valence-electron chi connectivity index (χ1n) is 7.07. The number of benzene rings is 2. The summed E-state index contributed by atoms with van der Waals surface area (Å²) >= 11 is 0. The predicted molar refractivity (Wildman–Crippen MR) is 85.8 cm³/mol. The van der Waals surface area contributed by atoms with E-state index in [4.69, 9.17) is 4.74 Å². The Labute approximate surface area is 129 Å². The molecule has 0 spiro atoms. The second-order valence-electron chi connectivity index (χ2n) is 4.83. The topological polar surface area (TPSA) is 66.8 Å². The number of aliphatic carboxylic acids is 1. The molecule has 0 aromatic heterocycles. The van der Waals surface area contributed by atoms with Crippen molar-refractivity contribution in [2.45, 2.75) is 13.3 Å². The van der Waals surface area contributed by atoms with Gasteiger partial charge in [-0.1, -0.05) is 31.2 Å². The molecule has 22 heavy (non-hydrogen) atoms. The molecule has 4 heteroatoms. The number of ether oxygens (including phenoxy) is 1. The van der Waals surface area contributed by atoms with Gasteiger partial charge in [0.2, 0.25) is 0 Å². The summed E-state index contributed by atoms with van der Waals surface area (Å²) < 4.78 is 5.55. The molecule has 0 radical (unpaired) electrons. The van der Waals surface area contributed by atoms with Crippen LogP contribution in [0.25, 0.3) is 11.6 Å². The third-order valence-corrected chi connectivity index (χ3v) is 3.05. The van der Waals surface area contributed by atoms with Gasteiger partial charge in [-0.3, -0.25) is 0 Å². The molecule has 2 N–H and O–H groups in total. The number of carboxylic acids is 1. The zero-order chi connectivity index (χ0) is 15.9. The van der Waals surface area contributed by atoms with Gasteiger partial charge in [0.05, 0.1) is 12.2 Å². The Kier molecular flexibility index (Phi) is 5.20. The van der Waals surface area contributed by atoms with Crippen LogP contribution in [0.15, 0.2) is 48.5 Å². The number of rotatable bonds is 6. The zero-order valence-electron chi connectivity index (χ0n) is 12.3. The molecule has 4 nitrogen and oxygen atoms in total. The highest BCUT2D eigenvalue weighted by Gasteiger charge is 2.10. The normalized spacial score (nSPS) is 11.2. The maximum Gasteiger partial charge on any atom is 0.336 e. The van der Waals surface area contributed by atoms with Gasteiger partial charge in [-0.25, -0.2) is 4.79 Å². The minimum absolute atomic E-state index is 0.100. The highest BCUT2D eigenvalue weighted by molar-refractivity contribution is 6.20. The van der Waals surface area contributed by atoms with E-state index in [2.05, 4.69) is 0 Å². The van der Waals surface area contributed by atoms with E-state index in [1.54, 1.807) is 24.3 Å². The lowest BCUT2D eigenvalue weighted by Gasteiger charge is -2.07. The molecule has 2 aromatic carbocycles. The van der Waals surface area contributed by atoms with Gasteiger partial charge in [-0.2, -0.15) is 0 Å². The molecule has 0 atom stereocenters. The summed E-state index contributed by atoms with van der Waals surface area (Å²) in [7, 11) is 0. The number of hydrogen-bond donors (Lipinski definition) is 2. The first-order valence-corrected chi connectivity index (χ1v) is 7.07. The highest BCUT2D eigenvalue weighted by atomic mass is 16.5. The molecular formula is C18H18O4. The molecule has 0 fully saturated rings. The number of aromatic hydroxyl groups is 1. The smallest absolute Gasteiger partial charge is 0.336 e. The summed E-state index contributed by atoms with van der Waals surface area (Å²) in [4.78, 5) is 11.5. The molecule has 0 aliphatic heterocycles. The Balaban J connectivity index is 2.34. The molecule has 0 aliphatic carbocycles. The summed E-state index contributed by atoms with van der Waals surface area (Å²) in [5.41, 5.74) is 1.44. The molecule has 114 valence electrons. The number of hydrogen-bond acceptors (Lipinski definition) is 3. The Morgan fingerprint density at radius 3 is 2.55 bits per heavy atom. The van der Waals surface area contributed by atoms with Gasteiger partial charge in [-0.05, 0) is 47.9 Å². The number of carbonyl (C=O) groups is 1. The second kappa shape index (κ2) is 7.31. The molecule has 2 rings (SSSR count). The van der Waals surface area contributed by atoms with Gasteiger partial charge < -0.3 is 14.9 Å². The lowest BCUT2D eigenvalue weighted by Crippen LogP contribution is -1.99. The molecule has 0 saturated carbocycles. The number of carboxylic acid groups (broad SMARTS) is 1. The summed E-state index contributed by atoms with van der Waals surface area (Å²) in [6, 6.07) is 13.4. The third kappa shape index (κ3) is 4.12. The fourth-order valence-corrected chi connectivity index (χ4v) is 1.99. The van der Waals surface area contributed by atoms with Crippen molar-refractivity contribution < 1.29 is 19.7 Å². The lowest BCUT2D eigenvalue weighted by atomic mass is 10.0. The van der Waals surface area contributed by atoms with Crippen LogP contribution >= 0.6 is 0 Å². The van der Waals surface area contributed by atoms with E-state index >= 15 is 0 Å².